The summed E-state index contributed by atoms with van der Waals surface area (Å²) < 4.78 is 1.22. The second kappa shape index (κ2) is 6.02. The Morgan fingerprint density at radius 1 is 1.29 bits per heavy atom. The van der Waals surface area contributed by atoms with Crippen LogP contribution in [0.15, 0.2) is 40.9 Å². The fourth-order valence-corrected chi connectivity index (χ4v) is 2.14. The van der Waals surface area contributed by atoms with Gasteiger partial charge in [-0.25, -0.2) is 0 Å². The normalized spacial score (nSPS) is 13.4. The molecule has 0 spiro atoms. The van der Waals surface area contributed by atoms with E-state index in [1.54, 1.807) is 0 Å². The maximum Gasteiger partial charge on any atom is 0.0210 e. The van der Waals surface area contributed by atoms with E-state index < -0.39 is 0 Å². The van der Waals surface area contributed by atoms with Crippen LogP contribution in [0.2, 0.25) is 0 Å². The highest BCUT2D eigenvalue weighted by atomic mass is 79.9. The quantitative estimate of drug-likeness (QED) is 0.669. The molecule has 0 aliphatic carbocycles. The molecule has 0 radical (unpaired) electrons. The lowest BCUT2D eigenvalue weighted by Gasteiger charge is -2.10. The van der Waals surface area contributed by atoms with E-state index in [1.807, 2.05) is 0 Å². The van der Waals surface area contributed by atoms with E-state index in [2.05, 4.69) is 66.2 Å². The van der Waals surface area contributed by atoms with E-state index in [9.17, 15) is 0 Å². The highest BCUT2D eigenvalue weighted by Crippen LogP contribution is 2.26. The van der Waals surface area contributed by atoms with E-state index in [4.69, 9.17) is 0 Å². The van der Waals surface area contributed by atoms with E-state index in [0.29, 0.717) is 5.92 Å². The zero-order valence-electron chi connectivity index (χ0n) is 8.83. The Morgan fingerprint density at radius 2 is 2.00 bits per heavy atom. The summed E-state index contributed by atoms with van der Waals surface area (Å²) >= 11 is 3.58. The summed E-state index contributed by atoms with van der Waals surface area (Å²) in [5, 5.41) is 0. The first kappa shape index (κ1) is 11.5. The van der Waals surface area contributed by atoms with E-state index in [1.165, 1.54) is 10.0 Å². The zero-order chi connectivity index (χ0) is 10.4. The molecule has 0 heterocycles. The molecule has 1 heteroatoms. The molecule has 14 heavy (non-hydrogen) atoms. The zero-order valence-corrected chi connectivity index (χ0v) is 10.4. The van der Waals surface area contributed by atoms with Crippen molar-refractivity contribution in [1.82, 2.24) is 0 Å². The van der Waals surface area contributed by atoms with Gasteiger partial charge in [0.25, 0.3) is 0 Å². The first-order chi connectivity index (χ1) is 6.75. The molecule has 1 aromatic carbocycles. The van der Waals surface area contributed by atoms with E-state index in [-0.39, 0.29) is 0 Å². The Morgan fingerprint density at radius 3 is 2.64 bits per heavy atom. The van der Waals surface area contributed by atoms with Crippen LogP contribution < -0.4 is 0 Å². The number of hydrogen-bond acceptors (Lipinski definition) is 0. The van der Waals surface area contributed by atoms with Crippen LogP contribution in [-0.4, -0.2) is 0 Å². The van der Waals surface area contributed by atoms with Gasteiger partial charge in [-0.05, 0) is 30.4 Å². The van der Waals surface area contributed by atoms with Gasteiger partial charge in [0.15, 0.2) is 0 Å². The molecule has 0 bridgehead atoms. The number of halogens is 1. The Kier molecular flexibility index (Phi) is 4.95. The third-order valence-electron chi connectivity index (χ3n) is 2.33. The Balaban J connectivity index is 2.65. The third kappa shape index (κ3) is 3.30. The summed E-state index contributed by atoms with van der Waals surface area (Å²) in [6.07, 6.45) is 6.75. The third-order valence-corrected chi connectivity index (χ3v) is 3.05. The van der Waals surface area contributed by atoms with Gasteiger partial charge in [0.05, 0.1) is 0 Å². The molecule has 0 saturated carbocycles. The minimum atomic E-state index is 0.591. The molecule has 1 atom stereocenters. The first-order valence-corrected chi connectivity index (χ1v) is 5.94. The van der Waals surface area contributed by atoms with Gasteiger partial charge in [-0.15, -0.1) is 0 Å². The topological polar surface area (TPSA) is 0 Å². The monoisotopic (exact) mass is 252 g/mol. The standard InChI is InChI=1S/C13H17Br/c1-3-4-5-8-11(2)12-9-6-7-10-13(12)14/h4-7,9-11H,3,8H2,1-2H3/b5-4-. The molecule has 0 aromatic heterocycles. The average molecular weight is 253 g/mol. The van der Waals surface area contributed by atoms with Gasteiger partial charge in [-0.2, -0.15) is 0 Å². The predicted molar refractivity (Wildman–Crippen MR) is 66.6 cm³/mol. The highest BCUT2D eigenvalue weighted by molar-refractivity contribution is 9.10. The van der Waals surface area contributed by atoms with Gasteiger partial charge < -0.3 is 0 Å². The van der Waals surface area contributed by atoms with Gasteiger partial charge in [0.1, 0.15) is 0 Å². The van der Waals surface area contributed by atoms with Crippen molar-refractivity contribution in [2.45, 2.75) is 32.6 Å². The van der Waals surface area contributed by atoms with Crippen molar-refractivity contribution in [3.63, 3.8) is 0 Å². The number of rotatable bonds is 4. The molecule has 0 amide bonds. The maximum absolute atomic E-state index is 3.58. The van der Waals surface area contributed by atoms with Gasteiger partial charge in [-0.3, -0.25) is 0 Å². The van der Waals surface area contributed by atoms with Gasteiger partial charge in [-0.1, -0.05) is 60.1 Å². The number of hydrogen-bond donors (Lipinski definition) is 0. The summed E-state index contributed by atoms with van der Waals surface area (Å²) in [4.78, 5) is 0. The molecule has 1 rings (SSSR count). The smallest absolute Gasteiger partial charge is 0.0210 e. The predicted octanol–water partition coefficient (Wildman–Crippen LogP) is 4.91. The van der Waals surface area contributed by atoms with Crippen LogP contribution in [0.25, 0.3) is 0 Å². The average Bonchev–Trinajstić information content (AvgIpc) is 2.18. The van der Waals surface area contributed by atoms with E-state index in [0.717, 1.165) is 12.8 Å². The lowest BCUT2D eigenvalue weighted by Crippen LogP contribution is -1.92. The van der Waals surface area contributed by atoms with Crippen LogP contribution in [0.5, 0.6) is 0 Å². The van der Waals surface area contributed by atoms with Crippen LogP contribution >= 0.6 is 15.9 Å². The molecule has 0 N–H and O–H groups in total. The van der Waals surface area contributed by atoms with Crippen molar-refractivity contribution in [2.75, 3.05) is 0 Å². The second-order valence-corrected chi connectivity index (χ2v) is 4.39. The summed E-state index contributed by atoms with van der Waals surface area (Å²) in [6, 6.07) is 8.45. The molecule has 1 aromatic rings. The molecule has 0 saturated heterocycles. The highest BCUT2D eigenvalue weighted by Gasteiger charge is 2.06. The summed E-state index contributed by atoms with van der Waals surface area (Å²) in [7, 11) is 0. The molecular formula is C13H17Br. The van der Waals surface area contributed by atoms with Gasteiger partial charge >= 0.3 is 0 Å². The molecule has 0 fully saturated rings. The van der Waals surface area contributed by atoms with Crippen LogP contribution in [0.1, 0.15) is 38.2 Å². The molecule has 76 valence electrons. The Labute approximate surface area is 95.2 Å². The number of benzene rings is 1. The first-order valence-electron chi connectivity index (χ1n) is 5.15. The lowest BCUT2D eigenvalue weighted by molar-refractivity contribution is 0.774. The van der Waals surface area contributed by atoms with Crippen molar-refractivity contribution >= 4 is 15.9 Å². The second-order valence-electron chi connectivity index (χ2n) is 3.54. The van der Waals surface area contributed by atoms with Gasteiger partial charge in [0, 0.05) is 4.47 Å². The molecular weight excluding hydrogens is 236 g/mol. The SMILES string of the molecule is CC/C=C\CC(C)c1ccccc1Br. The maximum atomic E-state index is 3.58. The van der Waals surface area contributed by atoms with Crippen molar-refractivity contribution in [2.24, 2.45) is 0 Å². The fraction of sp³-hybridized carbons (Fsp3) is 0.385. The molecule has 0 aliphatic rings. The van der Waals surface area contributed by atoms with Crippen LogP contribution in [0.3, 0.4) is 0 Å². The Bertz CT molecular complexity index is 302. The van der Waals surface area contributed by atoms with Crippen molar-refractivity contribution in [3.8, 4) is 0 Å². The van der Waals surface area contributed by atoms with Crippen LogP contribution in [-0.2, 0) is 0 Å². The van der Waals surface area contributed by atoms with Crippen molar-refractivity contribution in [3.05, 3.63) is 46.5 Å². The van der Waals surface area contributed by atoms with Crippen LogP contribution in [0, 0.1) is 0 Å². The summed E-state index contributed by atoms with van der Waals surface area (Å²) in [5.41, 5.74) is 1.40. The minimum Gasteiger partial charge on any atom is -0.0888 e. The largest absolute Gasteiger partial charge is 0.0888 e. The van der Waals surface area contributed by atoms with Gasteiger partial charge in [0.2, 0.25) is 0 Å². The molecule has 0 nitrogen and oxygen atoms in total. The van der Waals surface area contributed by atoms with E-state index >= 15 is 0 Å². The summed E-state index contributed by atoms with van der Waals surface area (Å²) in [6.45, 7) is 4.43. The van der Waals surface area contributed by atoms with Crippen molar-refractivity contribution in [1.29, 1.82) is 0 Å². The minimum absolute atomic E-state index is 0.591. The molecule has 1 unspecified atom stereocenters. The molecule has 0 aliphatic heterocycles. The summed E-state index contributed by atoms with van der Waals surface area (Å²) in [5.74, 6) is 0.591. The van der Waals surface area contributed by atoms with Crippen molar-refractivity contribution < 1.29 is 0 Å². The Hall–Kier alpha value is -0.560. The number of allylic oxidation sites excluding steroid dienone is 2. The lowest BCUT2D eigenvalue weighted by atomic mass is 9.98. The fourth-order valence-electron chi connectivity index (χ4n) is 1.47. The van der Waals surface area contributed by atoms with Crippen LogP contribution in [0.4, 0.5) is 0 Å².